The minimum atomic E-state index is -0.905. The van der Waals surface area contributed by atoms with Gasteiger partial charge in [0.25, 0.3) is 0 Å². The molecule has 1 aliphatic rings. The largest absolute Gasteiger partial charge is 0.489 e. The summed E-state index contributed by atoms with van der Waals surface area (Å²) in [5.74, 6) is -0.804. The molecule has 45 heavy (non-hydrogen) atoms. The van der Waals surface area contributed by atoms with Crippen molar-refractivity contribution < 1.29 is 24.5 Å². The van der Waals surface area contributed by atoms with Crippen LogP contribution in [0.1, 0.15) is 76.3 Å². The number of fused-ring (bicyclic) bond motifs is 1. The van der Waals surface area contributed by atoms with Crippen molar-refractivity contribution in [1.82, 2.24) is 4.90 Å². The second-order valence-corrected chi connectivity index (χ2v) is 11.7. The van der Waals surface area contributed by atoms with E-state index in [4.69, 9.17) is 9.84 Å². The van der Waals surface area contributed by atoms with Gasteiger partial charge in [-0.1, -0.05) is 66.7 Å². The third kappa shape index (κ3) is 9.19. The lowest BCUT2D eigenvalue weighted by Gasteiger charge is -2.36. The maximum absolute atomic E-state index is 11.6. The van der Waals surface area contributed by atoms with Crippen LogP contribution < -0.4 is 10.1 Å². The number of hydrogen-bond acceptors (Lipinski definition) is 5. The van der Waals surface area contributed by atoms with Crippen molar-refractivity contribution in [2.24, 2.45) is 0 Å². The zero-order valence-corrected chi connectivity index (χ0v) is 25.7. The molecule has 4 aromatic carbocycles. The molecule has 3 N–H and O–H groups in total. The molecule has 5 rings (SSSR count). The van der Waals surface area contributed by atoms with Gasteiger partial charge in [-0.15, -0.1) is 0 Å². The Kier molecular flexibility index (Phi) is 11.2. The summed E-state index contributed by atoms with van der Waals surface area (Å²) >= 11 is 0. The minimum absolute atomic E-state index is 0.165. The Morgan fingerprint density at radius 3 is 2.38 bits per heavy atom. The highest BCUT2D eigenvalue weighted by atomic mass is 16.5. The summed E-state index contributed by atoms with van der Waals surface area (Å²) in [6, 6.07) is 32.5. The molecule has 0 aromatic heterocycles. The number of hydrogen-bond donors (Lipinski definition) is 3. The van der Waals surface area contributed by atoms with Gasteiger partial charge in [0.15, 0.2) is 0 Å². The quantitative estimate of drug-likeness (QED) is 0.112. The number of nitrogens with zero attached hydrogens (tertiary/aromatic N) is 1. The van der Waals surface area contributed by atoms with E-state index in [2.05, 4.69) is 52.7 Å². The van der Waals surface area contributed by atoms with Crippen LogP contribution in [0.3, 0.4) is 0 Å². The molecule has 0 saturated heterocycles. The van der Waals surface area contributed by atoms with Crippen LogP contribution in [-0.2, 0) is 30.8 Å². The molecular formula is C38H42N2O5. The van der Waals surface area contributed by atoms with Gasteiger partial charge in [0, 0.05) is 31.2 Å². The summed E-state index contributed by atoms with van der Waals surface area (Å²) in [5, 5.41) is 22.1. The van der Waals surface area contributed by atoms with Gasteiger partial charge in [0.1, 0.15) is 12.4 Å². The number of carboxylic acids is 2. The van der Waals surface area contributed by atoms with Crippen molar-refractivity contribution in [3.63, 3.8) is 0 Å². The molecule has 0 fully saturated rings. The van der Waals surface area contributed by atoms with Crippen LogP contribution in [0.2, 0.25) is 0 Å². The third-order valence-electron chi connectivity index (χ3n) is 8.53. The first-order valence-electron chi connectivity index (χ1n) is 15.9. The van der Waals surface area contributed by atoms with E-state index in [-0.39, 0.29) is 12.5 Å². The average Bonchev–Trinajstić information content (AvgIpc) is 3.07. The lowest BCUT2D eigenvalue weighted by molar-refractivity contribution is -0.137. The number of aromatic carboxylic acids is 1. The normalized spacial score (nSPS) is 14.1. The van der Waals surface area contributed by atoms with Gasteiger partial charge in [0.05, 0.1) is 5.56 Å². The first-order chi connectivity index (χ1) is 22.0. The van der Waals surface area contributed by atoms with Crippen LogP contribution in [0.4, 0.5) is 5.69 Å². The lowest BCUT2D eigenvalue weighted by atomic mass is 9.85. The van der Waals surface area contributed by atoms with Gasteiger partial charge in [-0.3, -0.25) is 9.69 Å². The summed E-state index contributed by atoms with van der Waals surface area (Å²) in [7, 11) is 0. The van der Waals surface area contributed by atoms with Crippen molar-refractivity contribution in [2.75, 3.05) is 18.4 Å². The van der Waals surface area contributed by atoms with E-state index in [1.165, 1.54) is 11.1 Å². The SMILES string of the molecule is O=C(O)CCCCN(CCc1ccccc1OCc1ccc(CNc2ccccc2)cc1)C1CCCc2cc(C(=O)O)ccc21. The van der Waals surface area contributed by atoms with Gasteiger partial charge in [-0.05, 0) is 103 Å². The number of benzene rings is 4. The fourth-order valence-electron chi connectivity index (χ4n) is 6.11. The third-order valence-corrected chi connectivity index (χ3v) is 8.53. The number of ether oxygens (including phenoxy) is 1. The Morgan fingerprint density at radius 1 is 0.844 bits per heavy atom. The molecule has 0 amide bonds. The minimum Gasteiger partial charge on any atom is -0.489 e. The molecule has 1 aliphatic carbocycles. The zero-order valence-electron chi connectivity index (χ0n) is 25.7. The van der Waals surface area contributed by atoms with E-state index in [1.54, 1.807) is 6.07 Å². The number of nitrogens with one attached hydrogen (secondary N) is 1. The summed E-state index contributed by atoms with van der Waals surface area (Å²) in [4.78, 5) is 25.2. The highest BCUT2D eigenvalue weighted by Gasteiger charge is 2.26. The van der Waals surface area contributed by atoms with E-state index in [9.17, 15) is 14.7 Å². The molecule has 7 heteroatoms. The zero-order chi connectivity index (χ0) is 31.4. The van der Waals surface area contributed by atoms with Crippen LogP contribution in [0.5, 0.6) is 5.75 Å². The highest BCUT2D eigenvalue weighted by molar-refractivity contribution is 5.88. The molecule has 1 atom stereocenters. The molecule has 0 saturated carbocycles. The number of para-hydroxylation sites is 2. The van der Waals surface area contributed by atoms with Crippen molar-refractivity contribution in [3.8, 4) is 5.75 Å². The van der Waals surface area contributed by atoms with Crippen LogP contribution in [-0.4, -0.2) is 40.1 Å². The molecule has 1 unspecified atom stereocenters. The van der Waals surface area contributed by atoms with Crippen molar-refractivity contribution in [3.05, 3.63) is 130 Å². The van der Waals surface area contributed by atoms with E-state index >= 15 is 0 Å². The Balaban J connectivity index is 1.22. The van der Waals surface area contributed by atoms with Gasteiger partial charge >= 0.3 is 11.9 Å². The molecule has 4 aromatic rings. The van der Waals surface area contributed by atoms with Crippen molar-refractivity contribution in [2.45, 2.75) is 64.1 Å². The number of carbonyl (C=O) groups is 2. The van der Waals surface area contributed by atoms with Crippen LogP contribution in [0.25, 0.3) is 0 Å². The summed E-state index contributed by atoms with van der Waals surface area (Å²) in [6.45, 7) is 2.81. The standard InChI is InChI=1S/C38H42N2O5/c41-37(42)15-6-7-23-40(35-13-8-10-31-25-32(38(43)44)20-21-34(31)35)24-22-30-9-4-5-14-36(30)45-27-29-18-16-28(17-19-29)26-39-33-11-2-1-3-12-33/h1-5,9,11-12,14,16-21,25,35,39H,6-8,10,13,15,22-24,26-27H2,(H,41,42)(H,43,44). The van der Waals surface area contributed by atoms with E-state index in [1.807, 2.05) is 48.5 Å². The monoisotopic (exact) mass is 606 g/mol. The summed E-state index contributed by atoms with van der Waals surface area (Å²) in [6.07, 6.45) is 5.24. The number of rotatable bonds is 16. The maximum atomic E-state index is 11.6. The van der Waals surface area contributed by atoms with E-state index in [0.717, 1.165) is 79.9 Å². The second-order valence-electron chi connectivity index (χ2n) is 11.7. The van der Waals surface area contributed by atoms with Crippen molar-refractivity contribution >= 4 is 17.6 Å². The fourth-order valence-corrected chi connectivity index (χ4v) is 6.11. The Bertz CT molecular complexity index is 1550. The molecule has 234 valence electrons. The van der Waals surface area contributed by atoms with Crippen molar-refractivity contribution in [1.29, 1.82) is 0 Å². The topological polar surface area (TPSA) is 99.1 Å². The van der Waals surface area contributed by atoms with Gasteiger partial charge in [-0.25, -0.2) is 4.79 Å². The first-order valence-corrected chi connectivity index (χ1v) is 15.9. The summed E-state index contributed by atoms with van der Waals surface area (Å²) < 4.78 is 6.33. The van der Waals surface area contributed by atoms with Gasteiger partial charge < -0.3 is 20.3 Å². The predicted molar refractivity (Wildman–Crippen MR) is 177 cm³/mol. The fraction of sp³-hybridized carbons (Fsp3) is 0.316. The molecule has 7 nitrogen and oxygen atoms in total. The van der Waals surface area contributed by atoms with E-state index < -0.39 is 11.9 Å². The number of unbranched alkanes of at least 4 members (excludes halogenated alkanes) is 1. The molecule has 0 aliphatic heterocycles. The van der Waals surface area contributed by atoms with Gasteiger partial charge in [-0.2, -0.15) is 0 Å². The summed E-state index contributed by atoms with van der Waals surface area (Å²) in [5.41, 5.74) is 7.16. The van der Waals surface area contributed by atoms with Crippen LogP contribution >= 0.6 is 0 Å². The number of aryl methyl sites for hydroxylation is 1. The first kappa shape index (κ1) is 31.8. The molecule has 0 heterocycles. The second kappa shape index (κ2) is 15.9. The molecular weight excluding hydrogens is 564 g/mol. The Hall–Kier alpha value is -4.62. The Morgan fingerprint density at radius 2 is 1.60 bits per heavy atom. The maximum Gasteiger partial charge on any atom is 0.335 e. The van der Waals surface area contributed by atoms with Crippen LogP contribution in [0.15, 0.2) is 97.1 Å². The van der Waals surface area contributed by atoms with Crippen LogP contribution in [0, 0.1) is 0 Å². The Labute approximate surface area is 265 Å². The smallest absolute Gasteiger partial charge is 0.335 e. The number of carboxylic acid groups (broad SMARTS) is 2. The highest BCUT2D eigenvalue weighted by Crippen LogP contribution is 2.35. The average molecular weight is 607 g/mol. The molecule has 0 radical (unpaired) electrons. The van der Waals surface area contributed by atoms with Gasteiger partial charge in [0.2, 0.25) is 0 Å². The predicted octanol–water partition coefficient (Wildman–Crippen LogP) is 7.75. The number of aliphatic carboxylic acids is 1. The van der Waals surface area contributed by atoms with E-state index in [0.29, 0.717) is 18.6 Å². The number of anilines is 1. The lowest BCUT2D eigenvalue weighted by Crippen LogP contribution is -2.34. The molecule has 0 spiro atoms. The molecule has 0 bridgehead atoms.